The third-order valence-corrected chi connectivity index (χ3v) is 3.85. The Morgan fingerprint density at radius 1 is 1.67 bits per heavy atom. The third kappa shape index (κ3) is 2.95. The van der Waals surface area contributed by atoms with Crippen molar-refractivity contribution in [3.05, 3.63) is 11.7 Å². The molecule has 2 rings (SSSR count). The van der Waals surface area contributed by atoms with E-state index in [2.05, 4.69) is 10.1 Å². The summed E-state index contributed by atoms with van der Waals surface area (Å²) >= 11 is 1.90. The summed E-state index contributed by atoms with van der Waals surface area (Å²) in [4.78, 5) is 4.35. The van der Waals surface area contributed by atoms with E-state index >= 15 is 0 Å². The van der Waals surface area contributed by atoms with Crippen LogP contribution in [0.4, 0.5) is 0 Å². The second-order valence-electron chi connectivity index (χ2n) is 3.94. The van der Waals surface area contributed by atoms with Crippen molar-refractivity contribution in [1.82, 2.24) is 10.1 Å². The Balaban J connectivity index is 1.91. The zero-order chi connectivity index (χ0) is 10.7. The third-order valence-electron chi connectivity index (χ3n) is 2.48. The molecule has 1 fully saturated rings. The lowest BCUT2D eigenvalue weighted by Crippen LogP contribution is -2.01. The number of aliphatic hydroxyl groups is 1. The van der Waals surface area contributed by atoms with Crippen LogP contribution in [0.25, 0.3) is 0 Å². The van der Waals surface area contributed by atoms with Crippen molar-refractivity contribution in [2.45, 2.75) is 44.0 Å². The number of aryl methyl sites for hydroxylation is 1. The molecule has 1 saturated heterocycles. The first kappa shape index (κ1) is 11.0. The summed E-state index contributed by atoms with van der Waals surface area (Å²) < 4.78 is 5.14. The fraction of sp³-hybridized carbons (Fsp3) is 0.800. The average Bonchev–Trinajstić information content (AvgIpc) is 2.85. The first-order valence-corrected chi connectivity index (χ1v) is 6.42. The minimum Gasteiger partial charge on any atom is -0.393 e. The van der Waals surface area contributed by atoms with Crippen LogP contribution in [0.2, 0.25) is 0 Å². The van der Waals surface area contributed by atoms with E-state index in [1.807, 2.05) is 11.8 Å². The van der Waals surface area contributed by atoms with Crippen LogP contribution >= 0.6 is 11.8 Å². The average molecular weight is 228 g/mol. The van der Waals surface area contributed by atoms with Crippen LogP contribution in [-0.2, 0) is 6.42 Å². The zero-order valence-corrected chi connectivity index (χ0v) is 9.66. The van der Waals surface area contributed by atoms with Gasteiger partial charge < -0.3 is 9.63 Å². The summed E-state index contributed by atoms with van der Waals surface area (Å²) in [5, 5.41) is 13.6. The van der Waals surface area contributed by atoms with E-state index in [1.165, 1.54) is 12.2 Å². The number of hydrogen-bond donors (Lipinski definition) is 1. The van der Waals surface area contributed by atoms with Gasteiger partial charge >= 0.3 is 0 Å². The van der Waals surface area contributed by atoms with Gasteiger partial charge in [-0.3, -0.25) is 0 Å². The number of aromatic nitrogens is 2. The highest BCUT2D eigenvalue weighted by molar-refractivity contribution is 7.99. The molecule has 0 saturated carbocycles. The highest BCUT2D eigenvalue weighted by Crippen LogP contribution is 2.38. The lowest BCUT2D eigenvalue weighted by molar-refractivity contribution is 0.180. The first-order valence-electron chi connectivity index (χ1n) is 5.38. The van der Waals surface area contributed by atoms with Gasteiger partial charge in [0.1, 0.15) is 0 Å². The highest BCUT2D eigenvalue weighted by atomic mass is 32.2. The second-order valence-corrected chi connectivity index (χ2v) is 5.25. The van der Waals surface area contributed by atoms with Crippen molar-refractivity contribution in [2.24, 2.45) is 0 Å². The summed E-state index contributed by atoms with van der Waals surface area (Å²) in [5.41, 5.74) is 0. The van der Waals surface area contributed by atoms with Crippen LogP contribution in [0.5, 0.6) is 0 Å². The predicted octanol–water partition coefficient (Wildman–Crippen LogP) is 1.95. The summed E-state index contributed by atoms with van der Waals surface area (Å²) in [6.07, 6.45) is 3.44. The predicted molar refractivity (Wildman–Crippen MR) is 58.7 cm³/mol. The Bertz CT molecular complexity index is 308. The topological polar surface area (TPSA) is 59.2 Å². The molecule has 0 bridgehead atoms. The molecule has 1 aromatic heterocycles. The minimum atomic E-state index is -0.304. The van der Waals surface area contributed by atoms with Crippen molar-refractivity contribution >= 4 is 11.8 Å². The Morgan fingerprint density at radius 2 is 2.53 bits per heavy atom. The Morgan fingerprint density at radius 3 is 3.20 bits per heavy atom. The Kier molecular flexibility index (Phi) is 3.64. The number of aliphatic hydroxyl groups excluding tert-OH is 1. The van der Waals surface area contributed by atoms with Gasteiger partial charge in [-0.2, -0.15) is 16.7 Å². The first-order chi connectivity index (χ1) is 7.25. The van der Waals surface area contributed by atoms with Gasteiger partial charge in [0.2, 0.25) is 5.89 Å². The molecule has 0 aliphatic carbocycles. The molecule has 0 amide bonds. The maximum atomic E-state index is 9.14. The summed E-state index contributed by atoms with van der Waals surface area (Å²) in [6.45, 7) is 1.77. The van der Waals surface area contributed by atoms with Crippen LogP contribution < -0.4 is 0 Å². The standard InChI is InChI=1S/C10H16N2O2S/c1-7(13)4-5-9-11-10(12-14-9)8-3-2-6-15-8/h7-8,13H,2-6H2,1H3. The monoisotopic (exact) mass is 228 g/mol. The van der Waals surface area contributed by atoms with Crippen LogP contribution in [0.15, 0.2) is 4.52 Å². The number of thioether (sulfide) groups is 1. The van der Waals surface area contributed by atoms with Gasteiger partial charge in [0.15, 0.2) is 5.82 Å². The van der Waals surface area contributed by atoms with Gasteiger partial charge in [0.25, 0.3) is 0 Å². The normalized spacial score (nSPS) is 23.2. The molecule has 4 nitrogen and oxygen atoms in total. The molecule has 5 heteroatoms. The molecule has 1 aliphatic rings. The molecule has 1 aliphatic heterocycles. The van der Waals surface area contributed by atoms with E-state index < -0.39 is 0 Å². The fourth-order valence-electron chi connectivity index (χ4n) is 1.61. The number of nitrogens with zero attached hydrogens (tertiary/aromatic N) is 2. The van der Waals surface area contributed by atoms with Crippen molar-refractivity contribution in [3.63, 3.8) is 0 Å². The number of hydrogen-bond acceptors (Lipinski definition) is 5. The summed E-state index contributed by atoms with van der Waals surface area (Å²) in [5.74, 6) is 2.68. The van der Waals surface area contributed by atoms with Gasteiger partial charge in [-0.05, 0) is 31.9 Å². The van der Waals surface area contributed by atoms with E-state index in [4.69, 9.17) is 9.63 Å². The number of rotatable bonds is 4. The molecule has 15 heavy (non-hydrogen) atoms. The lowest BCUT2D eigenvalue weighted by Gasteiger charge is -2.00. The van der Waals surface area contributed by atoms with Gasteiger partial charge in [-0.1, -0.05) is 5.16 Å². The molecule has 0 aromatic carbocycles. The van der Waals surface area contributed by atoms with E-state index in [0.29, 0.717) is 24.0 Å². The second kappa shape index (κ2) is 4.99. The van der Waals surface area contributed by atoms with Gasteiger partial charge in [0, 0.05) is 6.42 Å². The van der Waals surface area contributed by atoms with E-state index in [0.717, 1.165) is 12.2 Å². The molecule has 0 spiro atoms. The molecule has 84 valence electrons. The molecule has 1 N–H and O–H groups in total. The molecule has 2 heterocycles. The van der Waals surface area contributed by atoms with Gasteiger partial charge in [0.05, 0.1) is 11.4 Å². The molecule has 0 radical (unpaired) electrons. The summed E-state index contributed by atoms with van der Waals surface area (Å²) in [7, 11) is 0. The molecule has 2 atom stereocenters. The van der Waals surface area contributed by atoms with E-state index in [1.54, 1.807) is 6.92 Å². The molecular formula is C10H16N2O2S. The zero-order valence-electron chi connectivity index (χ0n) is 8.85. The largest absolute Gasteiger partial charge is 0.393 e. The maximum absolute atomic E-state index is 9.14. The fourth-order valence-corrected chi connectivity index (χ4v) is 2.81. The molecule has 2 unspecified atom stereocenters. The van der Waals surface area contributed by atoms with Crippen molar-refractivity contribution < 1.29 is 9.63 Å². The van der Waals surface area contributed by atoms with Crippen molar-refractivity contribution in [3.8, 4) is 0 Å². The van der Waals surface area contributed by atoms with Crippen molar-refractivity contribution in [1.29, 1.82) is 0 Å². The maximum Gasteiger partial charge on any atom is 0.226 e. The van der Waals surface area contributed by atoms with Crippen LogP contribution in [0.3, 0.4) is 0 Å². The smallest absolute Gasteiger partial charge is 0.226 e. The van der Waals surface area contributed by atoms with E-state index in [-0.39, 0.29) is 6.10 Å². The minimum absolute atomic E-state index is 0.304. The lowest BCUT2D eigenvalue weighted by atomic mass is 10.2. The van der Waals surface area contributed by atoms with Crippen LogP contribution in [-0.4, -0.2) is 27.1 Å². The Hall–Kier alpha value is -0.550. The highest BCUT2D eigenvalue weighted by Gasteiger charge is 2.22. The van der Waals surface area contributed by atoms with E-state index in [9.17, 15) is 0 Å². The quantitative estimate of drug-likeness (QED) is 0.853. The van der Waals surface area contributed by atoms with Crippen molar-refractivity contribution in [2.75, 3.05) is 5.75 Å². The molecular weight excluding hydrogens is 212 g/mol. The SMILES string of the molecule is CC(O)CCc1nc(C2CCCS2)no1. The van der Waals surface area contributed by atoms with Gasteiger partial charge in [-0.25, -0.2) is 0 Å². The Labute approximate surface area is 93.4 Å². The molecule has 1 aromatic rings. The van der Waals surface area contributed by atoms with Crippen LogP contribution in [0, 0.1) is 0 Å². The van der Waals surface area contributed by atoms with Crippen LogP contribution in [0.1, 0.15) is 43.2 Å². The summed E-state index contributed by atoms with van der Waals surface area (Å²) in [6, 6.07) is 0. The van der Waals surface area contributed by atoms with Gasteiger partial charge in [-0.15, -0.1) is 0 Å².